The van der Waals surface area contributed by atoms with Crippen molar-refractivity contribution in [2.45, 2.75) is 32.1 Å². The number of hydrogen-bond acceptors (Lipinski definition) is 4. The highest BCUT2D eigenvalue weighted by atomic mass is 32.2. The van der Waals surface area contributed by atoms with E-state index in [0.29, 0.717) is 5.56 Å². The average Bonchev–Trinajstić information content (AvgIpc) is 2.36. The van der Waals surface area contributed by atoms with Crippen LogP contribution in [0.15, 0.2) is 18.5 Å². The van der Waals surface area contributed by atoms with Crippen LogP contribution < -0.4 is 0 Å². The number of aryl methyl sites for hydroxylation is 1. The van der Waals surface area contributed by atoms with Gasteiger partial charge < -0.3 is 4.90 Å². The second kappa shape index (κ2) is 4.92. The van der Waals surface area contributed by atoms with E-state index in [1.54, 1.807) is 31.0 Å². The van der Waals surface area contributed by atoms with E-state index in [1.807, 2.05) is 6.92 Å². The summed E-state index contributed by atoms with van der Waals surface area (Å²) < 4.78 is 23.6. The lowest BCUT2D eigenvalue weighted by Gasteiger charge is -2.37. The highest BCUT2D eigenvalue weighted by molar-refractivity contribution is 7.92. The molecule has 1 fully saturated rings. The van der Waals surface area contributed by atoms with Gasteiger partial charge in [-0.3, -0.25) is 9.78 Å². The van der Waals surface area contributed by atoms with E-state index in [-0.39, 0.29) is 24.2 Å². The van der Waals surface area contributed by atoms with Crippen LogP contribution in [0.4, 0.5) is 0 Å². The third kappa shape index (κ3) is 2.63. The first-order valence-corrected chi connectivity index (χ1v) is 7.98. The van der Waals surface area contributed by atoms with Gasteiger partial charge in [-0.15, -0.1) is 0 Å². The summed E-state index contributed by atoms with van der Waals surface area (Å²) in [6.45, 7) is 5.56. The summed E-state index contributed by atoms with van der Waals surface area (Å²) in [5, 5.41) is -0.525. The molecule has 104 valence electrons. The molecule has 1 aliphatic rings. The first-order chi connectivity index (χ1) is 8.83. The van der Waals surface area contributed by atoms with Crippen LogP contribution in [0.25, 0.3) is 0 Å². The molecule has 0 aliphatic carbocycles. The van der Waals surface area contributed by atoms with Crippen molar-refractivity contribution in [2.24, 2.45) is 0 Å². The number of rotatable bonds is 1. The fourth-order valence-corrected chi connectivity index (χ4v) is 3.86. The molecular weight excluding hydrogens is 264 g/mol. The quantitative estimate of drug-likeness (QED) is 0.772. The van der Waals surface area contributed by atoms with E-state index in [1.165, 1.54) is 6.20 Å². The summed E-state index contributed by atoms with van der Waals surface area (Å²) in [5.74, 6) is -0.116. The van der Waals surface area contributed by atoms with Crippen LogP contribution in [0, 0.1) is 6.92 Å². The summed E-state index contributed by atoms with van der Waals surface area (Å²) in [7, 11) is -3.08. The summed E-state index contributed by atoms with van der Waals surface area (Å²) in [5.41, 5.74) is 1.43. The minimum absolute atomic E-state index is 0.0312. The molecule has 0 spiro atoms. The monoisotopic (exact) mass is 282 g/mol. The Labute approximate surface area is 113 Å². The number of carbonyl (C=O) groups is 1. The molecule has 2 heterocycles. The molecule has 0 unspecified atom stereocenters. The molecule has 1 amide bonds. The minimum atomic E-state index is -3.08. The van der Waals surface area contributed by atoms with Crippen molar-refractivity contribution in [3.63, 3.8) is 0 Å². The van der Waals surface area contributed by atoms with Crippen LogP contribution in [0.2, 0.25) is 0 Å². The van der Waals surface area contributed by atoms with E-state index >= 15 is 0 Å². The van der Waals surface area contributed by atoms with Gasteiger partial charge in [-0.25, -0.2) is 8.42 Å². The molecule has 1 aromatic heterocycles. The highest BCUT2D eigenvalue weighted by Crippen LogP contribution is 2.21. The molecule has 0 saturated carbocycles. The molecule has 2 rings (SSSR count). The van der Waals surface area contributed by atoms with Crippen LogP contribution in [0.3, 0.4) is 0 Å². The van der Waals surface area contributed by atoms with Gasteiger partial charge in [0.1, 0.15) is 0 Å². The number of hydrogen-bond donors (Lipinski definition) is 0. The standard InChI is InChI=1S/C13H18N2O3S/c1-9-6-12(8-14-7-9)13(16)15-4-5-19(17,18)11(3)10(15)2/h6-8,10-11H,4-5H2,1-3H3/t10-,11-/m0/s1. The van der Waals surface area contributed by atoms with Crippen molar-refractivity contribution in [1.29, 1.82) is 0 Å². The maximum absolute atomic E-state index is 12.4. The van der Waals surface area contributed by atoms with E-state index in [2.05, 4.69) is 4.98 Å². The Bertz CT molecular complexity index is 598. The van der Waals surface area contributed by atoms with E-state index < -0.39 is 15.1 Å². The van der Waals surface area contributed by atoms with E-state index in [0.717, 1.165) is 5.56 Å². The number of carbonyl (C=O) groups excluding carboxylic acids is 1. The number of pyridine rings is 1. The van der Waals surface area contributed by atoms with Gasteiger partial charge in [0, 0.05) is 25.0 Å². The molecule has 5 nitrogen and oxygen atoms in total. The Morgan fingerprint density at radius 3 is 2.68 bits per heavy atom. The molecule has 6 heteroatoms. The lowest BCUT2D eigenvalue weighted by molar-refractivity contribution is 0.0692. The third-order valence-corrected chi connectivity index (χ3v) is 6.02. The molecule has 2 atom stereocenters. The molecule has 0 radical (unpaired) electrons. The van der Waals surface area contributed by atoms with Gasteiger partial charge >= 0.3 is 0 Å². The van der Waals surface area contributed by atoms with Gasteiger partial charge in [-0.05, 0) is 32.4 Å². The van der Waals surface area contributed by atoms with Gasteiger partial charge in [-0.1, -0.05) is 0 Å². The molecular formula is C13H18N2O3S. The summed E-state index contributed by atoms with van der Waals surface area (Å²) >= 11 is 0. The second-order valence-corrected chi connectivity index (χ2v) is 7.54. The summed E-state index contributed by atoms with van der Waals surface area (Å²) in [4.78, 5) is 18.0. The predicted molar refractivity (Wildman–Crippen MR) is 72.7 cm³/mol. The Morgan fingerprint density at radius 1 is 1.37 bits per heavy atom. The van der Waals surface area contributed by atoms with Crippen LogP contribution in [0.1, 0.15) is 29.8 Å². The van der Waals surface area contributed by atoms with Crippen molar-refractivity contribution in [1.82, 2.24) is 9.88 Å². The molecule has 19 heavy (non-hydrogen) atoms. The van der Waals surface area contributed by atoms with Crippen molar-refractivity contribution < 1.29 is 13.2 Å². The van der Waals surface area contributed by atoms with Gasteiger partial charge in [0.15, 0.2) is 9.84 Å². The predicted octanol–water partition coefficient (Wildman–Crippen LogP) is 1.04. The Hall–Kier alpha value is -1.43. The topological polar surface area (TPSA) is 67.3 Å². The fraction of sp³-hybridized carbons (Fsp3) is 0.538. The van der Waals surface area contributed by atoms with Gasteiger partial charge in [-0.2, -0.15) is 0 Å². The highest BCUT2D eigenvalue weighted by Gasteiger charge is 2.38. The molecule has 0 N–H and O–H groups in total. The maximum Gasteiger partial charge on any atom is 0.255 e. The lowest BCUT2D eigenvalue weighted by atomic mass is 10.1. The zero-order valence-electron chi connectivity index (χ0n) is 11.3. The lowest BCUT2D eigenvalue weighted by Crippen LogP contribution is -2.54. The van der Waals surface area contributed by atoms with Gasteiger partial charge in [0.25, 0.3) is 5.91 Å². The molecule has 0 bridgehead atoms. The Balaban J connectivity index is 2.26. The van der Waals surface area contributed by atoms with Gasteiger partial charge in [0.2, 0.25) is 0 Å². The maximum atomic E-state index is 12.4. The smallest absolute Gasteiger partial charge is 0.255 e. The molecule has 1 aromatic rings. The summed E-state index contributed by atoms with van der Waals surface area (Å²) in [6, 6.07) is 1.46. The fourth-order valence-electron chi connectivity index (χ4n) is 2.29. The van der Waals surface area contributed by atoms with Crippen LogP contribution in [-0.2, 0) is 9.84 Å². The zero-order valence-corrected chi connectivity index (χ0v) is 12.1. The molecule has 1 saturated heterocycles. The average molecular weight is 282 g/mol. The molecule has 1 aliphatic heterocycles. The normalized spacial score (nSPS) is 26.2. The largest absolute Gasteiger partial charge is 0.334 e. The first-order valence-electron chi connectivity index (χ1n) is 6.27. The van der Waals surface area contributed by atoms with Crippen molar-refractivity contribution >= 4 is 15.7 Å². The van der Waals surface area contributed by atoms with E-state index in [4.69, 9.17) is 0 Å². The molecule has 0 aromatic carbocycles. The number of sulfone groups is 1. The SMILES string of the molecule is Cc1cncc(C(=O)N2CCS(=O)(=O)[C@@H](C)[C@@H]2C)c1. The van der Waals surface area contributed by atoms with Crippen molar-refractivity contribution in [3.8, 4) is 0 Å². The Kier molecular flexibility index (Phi) is 3.62. The van der Waals surface area contributed by atoms with Crippen LogP contribution >= 0.6 is 0 Å². The summed E-state index contributed by atoms with van der Waals surface area (Å²) in [6.07, 6.45) is 3.21. The van der Waals surface area contributed by atoms with E-state index in [9.17, 15) is 13.2 Å². The van der Waals surface area contributed by atoms with Crippen molar-refractivity contribution in [3.05, 3.63) is 29.6 Å². The van der Waals surface area contributed by atoms with Crippen LogP contribution in [-0.4, -0.2) is 47.8 Å². The third-order valence-electron chi connectivity index (χ3n) is 3.74. The van der Waals surface area contributed by atoms with Crippen LogP contribution in [0.5, 0.6) is 0 Å². The minimum Gasteiger partial charge on any atom is -0.334 e. The second-order valence-electron chi connectivity index (χ2n) is 5.06. The van der Waals surface area contributed by atoms with Gasteiger partial charge in [0.05, 0.1) is 16.6 Å². The van der Waals surface area contributed by atoms with Crippen molar-refractivity contribution in [2.75, 3.05) is 12.3 Å². The number of aromatic nitrogens is 1. The number of nitrogens with zero attached hydrogens (tertiary/aromatic N) is 2. The number of amides is 1. The Morgan fingerprint density at radius 2 is 2.05 bits per heavy atom. The first kappa shape index (κ1) is 14.0. The zero-order chi connectivity index (χ0) is 14.2.